The zero-order chi connectivity index (χ0) is 23.1. The molecule has 0 radical (unpaired) electrons. The molecule has 1 fully saturated rings. The lowest BCUT2D eigenvalue weighted by Gasteiger charge is -2.34. The van der Waals surface area contributed by atoms with Crippen LogP contribution in [0.1, 0.15) is 19.3 Å². The maximum absolute atomic E-state index is 12.4. The number of nitrogens with zero attached hydrogens (tertiary/aromatic N) is 4. The van der Waals surface area contributed by atoms with E-state index in [1.54, 1.807) is 4.90 Å². The van der Waals surface area contributed by atoms with E-state index in [1.807, 2.05) is 16.8 Å². The van der Waals surface area contributed by atoms with Crippen molar-refractivity contribution in [2.45, 2.75) is 57.7 Å². The van der Waals surface area contributed by atoms with E-state index in [-0.39, 0.29) is 18.2 Å². The minimum absolute atomic E-state index is 0.0782. The fraction of sp³-hybridized carbons (Fsp3) is 0.619. The van der Waals surface area contributed by atoms with Crippen molar-refractivity contribution < 1.29 is 19.1 Å². The second-order valence-corrected chi connectivity index (χ2v) is 14.9. The van der Waals surface area contributed by atoms with Crippen LogP contribution < -0.4 is 10.6 Å². The number of anilines is 1. The first kappa shape index (κ1) is 24.0. The van der Waals surface area contributed by atoms with Crippen molar-refractivity contribution in [2.24, 2.45) is 0 Å². The van der Waals surface area contributed by atoms with Crippen LogP contribution in [0.3, 0.4) is 0 Å². The van der Waals surface area contributed by atoms with Gasteiger partial charge in [0.05, 0.1) is 19.3 Å². The Morgan fingerprint density at radius 3 is 2.84 bits per heavy atom. The van der Waals surface area contributed by atoms with Crippen molar-refractivity contribution in [3.05, 3.63) is 18.5 Å². The Bertz CT molecular complexity index is 929. The lowest BCUT2D eigenvalue weighted by atomic mass is 10.0. The highest BCUT2D eigenvalue weighted by Gasteiger charge is 2.27. The number of methoxy groups -OCH3 is 1. The largest absolute Gasteiger partial charge is 0.453 e. The number of aromatic nitrogens is 3. The molecule has 0 bridgehead atoms. The van der Waals surface area contributed by atoms with Gasteiger partial charge in [-0.3, -0.25) is 5.32 Å². The fourth-order valence-electron chi connectivity index (χ4n) is 3.61. The molecule has 1 saturated heterocycles. The number of likely N-dealkylation sites (tertiary alicyclic amines) is 1. The lowest BCUT2D eigenvalue weighted by molar-refractivity contribution is 0.0896. The van der Waals surface area contributed by atoms with Crippen LogP contribution in [0.2, 0.25) is 25.7 Å². The van der Waals surface area contributed by atoms with Crippen LogP contribution in [0.5, 0.6) is 0 Å². The molecule has 0 aliphatic carbocycles. The molecule has 2 N–H and O–H groups in total. The van der Waals surface area contributed by atoms with Crippen LogP contribution in [-0.2, 0) is 16.2 Å². The molecule has 1 aliphatic heterocycles. The Balaban J connectivity index is 1.51. The minimum atomic E-state index is -1.12. The van der Waals surface area contributed by atoms with Crippen LogP contribution in [0.25, 0.3) is 11.2 Å². The first-order valence-electron chi connectivity index (χ1n) is 11.1. The van der Waals surface area contributed by atoms with Gasteiger partial charge in [-0.2, -0.15) is 0 Å². The van der Waals surface area contributed by atoms with Crippen molar-refractivity contribution in [3.63, 3.8) is 0 Å². The third kappa shape index (κ3) is 6.67. The van der Waals surface area contributed by atoms with Crippen LogP contribution in [-0.4, -0.2) is 72.5 Å². The van der Waals surface area contributed by atoms with Gasteiger partial charge in [0.15, 0.2) is 11.5 Å². The molecule has 1 aliphatic rings. The van der Waals surface area contributed by atoms with Crippen molar-refractivity contribution >= 4 is 37.2 Å². The van der Waals surface area contributed by atoms with Gasteiger partial charge < -0.3 is 24.3 Å². The smallest absolute Gasteiger partial charge is 0.409 e. The second-order valence-electron chi connectivity index (χ2n) is 9.25. The molecular weight excluding hydrogens is 428 g/mol. The van der Waals surface area contributed by atoms with Crippen molar-refractivity contribution in [2.75, 3.05) is 32.1 Å². The predicted molar refractivity (Wildman–Crippen MR) is 125 cm³/mol. The van der Waals surface area contributed by atoms with Crippen LogP contribution in [0.4, 0.5) is 15.4 Å². The van der Waals surface area contributed by atoms with Gasteiger partial charge in [0, 0.05) is 34.0 Å². The van der Waals surface area contributed by atoms with Crippen molar-refractivity contribution in [1.29, 1.82) is 0 Å². The maximum Gasteiger partial charge on any atom is 0.409 e. The van der Waals surface area contributed by atoms with E-state index >= 15 is 0 Å². The van der Waals surface area contributed by atoms with Crippen LogP contribution in [0, 0.1) is 0 Å². The third-order valence-electron chi connectivity index (χ3n) is 5.47. The van der Waals surface area contributed by atoms with Gasteiger partial charge in [0.2, 0.25) is 0 Å². The summed E-state index contributed by atoms with van der Waals surface area (Å²) in [5, 5.41) is 5.54. The Morgan fingerprint density at radius 2 is 2.09 bits per heavy atom. The van der Waals surface area contributed by atoms with Gasteiger partial charge in [-0.05, 0) is 31.4 Å². The van der Waals surface area contributed by atoms with E-state index in [0.717, 1.165) is 31.9 Å². The molecule has 11 heteroatoms. The average Bonchev–Trinajstić information content (AvgIpc) is 3.16. The van der Waals surface area contributed by atoms with E-state index in [1.165, 1.54) is 13.3 Å². The minimum Gasteiger partial charge on any atom is -0.453 e. The fourth-order valence-corrected chi connectivity index (χ4v) is 4.37. The molecule has 0 spiro atoms. The number of urea groups is 1. The van der Waals surface area contributed by atoms with Gasteiger partial charge in [0.1, 0.15) is 12.2 Å². The number of hydrogen-bond acceptors (Lipinski definition) is 6. The summed E-state index contributed by atoms with van der Waals surface area (Å²) in [6.45, 7) is 9.11. The summed E-state index contributed by atoms with van der Waals surface area (Å²) < 4.78 is 12.5. The number of carbonyl (C=O) groups excluding carboxylic acids is 2. The standard InChI is InChI=1S/C21H34N6O4Si/c1-30-21(29)27-9-6-5-7-16(27)13-23-20(28)25-18-14-22-19-17(24-18)8-10-26(19)15-31-11-12-32(2,3)4/h8,10,14,16H,5-7,9,11-13,15H2,1-4H3,(H2,23,24,25,28). The van der Waals surface area contributed by atoms with E-state index in [2.05, 4.69) is 40.2 Å². The monoisotopic (exact) mass is 462 g/mol. The molecular formula is C21H34N6O4Si. The number of hydrogen-bond donors (Lipinski definition) is 2. The lowest BCUT2D eigenvalue weighted by Crippen LogP contribution is -2.49. The molecule has 10 nitrogen and oxygen atoms in total. The normalized spacial score (nSPS) is 16.8. The molecule has 3 rings (SSSR count). The highest BCUT2D eigenvalue weighted by molar-refractivity contribution is 6.76. The number of rotatable bonds is 8. The zero-order valence-electron chi connectivity index (χ0n) is 19.4. The number of nitrogens with one attached hydrogen (secondary N) is 2. The SMILES string of the molecule is COC(=O)N1CCCCC1CNC(=O)Nc1cnc2c(ccn2COCC[Si](C)(C)C)n1. The summed E-state index contributed by atoms with van der Waals surface area (Å²) in [4.78, 5) is 34.8. The molecule has 2 aromatic heterocycles. The Hall–Kier alpha value is -2.66. The topological polar surface area (TPSA) is 111 Å². The number of ether oxygens (including phenoxy) is 2. The second kappa shape index (κ2) is 10.8. The van der Waals surface area contributed by atoms with Gasteiger partial charge in [-0.25, -0.2) is 19.6 Å². The Morgan fingerprint density at radius 1 is 1.28 bits per heavy atom. The number of fused-ring (bicyclic) bond motifs is 1. The van der Waals surface area contributed by atoms with Crippen LogP contribution >= 0.6 is 0 Å². The number of piperidine rings is 1. The van der Waals surface area contributed by atoms with E-state index in [0.29, 0.717) is 36.8 Å². The molecule has 2 aromatic rings. The number of carbonyl (C=O) groups is 2. The first-order valence-corrected chi connectivity index (χ1v) is 14.8. The van der Waals surface area contributed by atoms with Crippen molar-refractivity contribution in [3.8, 4) is 0 Å². The predicted octanol–water partition coefficient (Wildman–Crippen LogP) is 3.49. The Labute approximate surface area is 189 Å². The quantitative estimate of drug-likeness (QED) is 0.459. The van der Waals surface area contributed by atoms with Crippen LogP contribution in [0.15, 0.2) is 18.5 Å². The van der Waals surface area contributed by atoms with Gasteiger partial charge >= 0.3 is 12.1 Å². The molecule has 1 unspecified atom stereocenters. The molecule has 1 atom stereocenters. The van der Waals surface area contributed by atoms with Crippen molar-refractivity contribution in [1.82, 2.24) is 24.8 Å². The van der Waals surface area contributed by atoms with E-state index < -0.39 is 8.07 Å². The average molecular weight is 463 g/mol. The van der Waals surface area contributed by atoms with E-state index in [4.69, 9.17) is 9.47 Å². The van der Waals surface area contributed by atoms with Gasteiger partial charge in [0.25, 0.3) is 0 Å². The molecule has 3 amide bonds. The molecule has 3 heterocycles. The van der Waals surface area contributed by atoms with Gasteiger partial charge in [-0.1, -0.05) is 19.6 Å². The summed E-state index contributed by atoms with van der Waals surface area (Å²) in [5.74, 6) is 0.362. The summed E-state index contributed by atoms with van der Waals surface area (Å²) in [5.41, 5.74) is 1.39. The molecule has 176 valence electrons. The summed E-state index contributed by atoms with van der Waals surface area (Å²) >= 11 is 0. The number of amides is 3. The highest BCUT2D eigenvalue weighted by Crippen LogP contribution is 2.18. The molecule has 0 aromatic carbocycles. The molecule has 0 saturated carbocycles. The Kier molecular flexibility index (Phi) is 8.08. The summed E-state index contributed by atoms with van der Waals surface area (Å²) in [6.07, 6.45) is 5.84. The zero-order valence-corrected chi connectivity index (χ0v) is 20.4. The third-order valence-corrected chi connectivity index (χ3v) is 7.17. The first-order chi connectivity index (χ1) is 15.3. The highest BCUT2D eigenvalue weighted by atomic mass is 28.3. The maximum atomic E-state index is 12.4. The van der Waals surface area contributed by atoms with E-state index in [9.17, 15) is 9.59 Å². The van der Waals surface area contributed by atoms with Gasteiger partial charge in [-0.15, -0.1) is 0 Å². The summed E-state index contributed by atoms with van der Waals surface area (Å²) in [6, 6.07) is 2.50. The summed E-state index contributed by atoms with van der Waals surface area (Å²) in [7, 11) is 0.251. The molecule has 32 heavy (non-hydrogen) atoms.